The van der Waals surface area contributed by atoms with Crippen molar-refractivity contribution < 1.29 is 19.1 Å². The van der Waals surface area contributed by atoms with Crippen LogP contribution in [0, 0.1) is 0 Å². The van der Waals surface area contributed by atoms with Crippen LogP contribution in [0.25, 0.3) is 0 Å². The normalized spacial score (nSPS) is 9.82. The molecule has 5 heteroatoms. The molecule has 0 aromatic heterocycles. The van der Waals surface area contributed by atoms with Crippen molar-refractivity contribution in [3.63, 3.8) is 0 Å². The van der Waals surface area contributed by atoms with E-state index in [0.29, 0.717) is 5.56 Å². The molecule has 0 saturated heterocycles. The number of esters is 1. The fraction of sp³-hybridized carbons (Fsp3) is 0.176. The second-order valence-electron chi connectivity index (χ2n) is 4.43. The van der Waals surface area contributed by atoms with Crippen LogP contribution in [-0.4, -0.2) is 31.6 Å². The average Bonchev–Trinajstić information content (AvgIpc) is 2.58. The molecule has 0 spiro atoms. The predicted octanol–water partition coefficient (Wildman–Crippen LogP) is 2.04. The van der Waals surface area contributed by atoms with Crippen molar-refractivity contribution in [2.75, 3.05) is 19.8 Å². The Kier molecular flexibility index (Phi) is 5.99. The number of benzene rings is 2. The fourth-order valence-electron chi connectivity index (χ4n) is 1.73. The minimum Gasteiger partial charge on any atom is -0.490 e. The van der Waals surface area contributed by atoms with E-state index >= 15 is 0 Å². The van der Waals surface area contributed by atoms with Gasteiger partial charge in [-0.3, -0.25) is 9.59 Å². The smallest absolute Gasteiger partial charge is 0.325 e. The van der Waals surface area contributed by atoms with E-state index in [2.05, 4.69) is 5.32 Å². The van der Waals surface area contributed by atoms with Crippen LogP contribution in [0.1, 0.15) is 10.4 Å². The standard InChI is InChI=1S/C17H17NO4/c19-16(13-18-17(20)14-7-3-1-4-8-14)22-12-11-21-15-9-5-2-6-10-15/h1-10H,11-13H2,(H,18,20). The minimum atomic E-state index is -0.499. The fourth-order valence-corrected chi connectivity index (χ4v) is 1.73. The summed E-state index contributed by atoms with van der Waals surface area (Å²) >= 11 is 0. The monoisotopic (exact) mass is 299 g/mol. The summed E-state index contributed by atoms with van der Waals surface area (Å²) < 4.78 is 10.4. The third kappa shape index (κ3) is 5.28. The highest BCUT2D eigenvalue weighted by Crippen LogP contribution is 2.07. The Morgan fingerprint density at radius 3 is 2.18 bits per heavy atom. The number of para-hydroxylation sites is 1. The van der Waals surface area contributed by atoms with Crippen molar-refractivity contribution in [3.8, 4) is 5.75 Å². The van der Waals surface area contributed by atoms with E-state index in [1.807, 2.05) is 36.4 Å². The van der Waals surface area contributed by atoms with Gasteiger partial charge in [-0.05, 0) is 24.3 Å². The first-order valence-electron chi connectivity index (χ1n) is 6.92. The molecule has 0 atom stereocenters. The quantitative estimate of drug-likeness (QED) is 0.627. The molecule has 0 aliphatic heterocycles. The van der Waals surface area contributed by atoms with Crippen LogP contribution in [0.4, 0.5) is 0 Å². The van der Waals surface area contributed by atoms with E-state index in [1.165, 1.54) is 0 Å². The van der Waals surface area contributed by atoms with Crippen molar-refractivity contribution in [2.24, 2.45) is 0 Å². The molecule has 0 fully saturated rings. The van der Waals surface area contributed by atoms with E-state index in [-0.39, 0.29) is 25.7 Å². The van der Waals surface area contributed by atoms with Gasteiger partial charge < -0.3 is 14.8 Å². The lowest BCUT2D eigenvalue weighted by atomic mass is 10.2. The van der Waals surface area contributed by atoms with Crippen molar-refractivity contribution in [1.82, 2.24) is 5.32 Å². The lowest BCUT2D eigenvalue weighted by molar-refractivity contribution is -0.143. The number of carbonyl (C=O) groups is 2. The second-order valence-corrected chi connectivity index (χ2v) is 4.43. The number of nitrogens with one attached hydrogen (secondary N) is 1. The summed E-state index contributed by atoms with van der Waals surface area (Å²) in [6.07, 6.45) is 0. The highest BCUT2D eigenvalue weighted by atomic mass is 16.6. The van der Waals surface area contributed by atoms with Gasteiger partial charge in [-0.15, -0.1) is 0 Å². The number of ether oxygens (including phenoxy) is 2. The van der Waals surface area contributed by atoms with Crippen LogP contribution < -0.4 is 10.1 Å². The van der Waals surface area contributed by atoms with Crippen LogP contribution in [-0.2, 0) is 9.53 Å². The molecule has 0 unspecified atom stereocenters. The van der Waals surface area contributed by atoms with Gasteiger partial charge in [0.25, 0.3) is 5.91 Å². The number of hydrogen-bond donors (Lipinski definition) is 1. The summed E-state index contributed by atoms with van der Waals surface area (Å²) in [4.78, 5) is 23.2. The maximum Gasteiger partial charge on any atom is 0.325 e. The van der Waals surface area contributed by atoms with Crippen LogP contribution in [0.2, 0.25) is 0 Å². The zero-order valence-corrected chi connectivity index (χ0v) is 12.0. The van der Waals surface area contributed by atoms with Crippen molar-refractivity contribution in [1.29, 1.82) is 0 Å². The van der Waals surface area contributed by atoms with E-state index in [0.717, 1.165) is 5.75 Å². The Bertz CT molecular complexity index is 599. The largest absolute Gasteiger partial charge is 0.490 e. The summed E-state index contributed by atoms with van der Waals surface area (Å²) in [6.45, 7) is 0.233. The molecule has 1 N–H and O–H groups in total. The lowest BCUT2D eigenvalue weighted by Crippen LogP contribution is -2.31. The first kappa shape index (κ1) is 15.6. The average molecular weight is 299 g/mol. The Morgan fingerprint density at radius 1 is 0.864 bits per heavy atom. The maximum absolute atomic E-state index is 11.7. The third-order valence-electron chi connectivity index (χ3n) is 2.79. The van der Waals surface area contributed by atoms with Gasteiger partial charge in [0.2, 0.25) is 0 Å². The number of amides is 1. The molecule has 0 aliphatic carbocycles. The second kappa shape index (κ2) is 8.46. The summed E-state index contributed by atoms with van der Waals surface area (Å²) in [6, 6.07) is 17.9. The highest BCUT2D eigenvalue weighted by Gasteiger charge is 2.08. The van der Waals surface area contributed by atoms with E-state index in [9.17, 15) is 9.59 Å². The number of hydrogen-bond acceptors (Lipinski definition) is 4. The molecule has 2 aromatic rings. The molecule has 0 aliphatic rings. The number of rotatable bonds is 7. The van der Waals surface area contributed by atoms with Gasteiger partial charge in [-0.2, -0.15) is 0 Å². The molecule has 1 amide bonds. The SMILES string of the molecule is O=C(CNC(=O)c1ccccc1)OCCOc1ccccc1. The highest BCUT2D eigenvalue weighted by molar-refractivity contribution is 5.95. The van der Waals surface area contributed by atoms with Crippen molar-refractivity contribution >= 4 is 11.9 Å². The first-order chi connectivity index (χ1) is 10.8. The molecule has 5 nitrogen and oxygen atoms in total. The Morgan fingerprint density at radius 2 is 1.50 bits per heavy atom. The van der Waals surface area contributed by atoms with Crippen LogP contribution >= 0.6 is 0 Å². The molecular formula is C17H17NO4. The molecular weight excluding hydrogens is 282 g/mol. The molecule has 0 radical (unpaired) electrons. The van der Waals surface area contributed by atoms with Crippen LogP contribution in [0.15, 0.2) is 60.7 Å². The summed E-state index contributed by atoms with van der Waals surface area (Å²) in [5, 5.41) is 2.50. The molecule has 0 heterocycles. The first-order valence-corrected chi connectivity index (χ1v) is 6.92. The van der Waals surface area contributed by atoms with Gasteiger partial charge in [0.1, 0.15) is 25.5 Å². The van der Waals surface area contributed by atoms with Gasteiger partial charge in [-0.1, -0.05) is 36.4 Å². The summed E-state index contributed by atoms with van der Waals surface area (Å²) in [5.74, 6) is -0.0880. The van der Waals surface area contributed by atoms with Crippen molar-refractivity contribution in [2.45, 2.75) is 0 Å². The molecule has 0 saturated carbocycles. The van der Waals surface area contributed by atoms with Gasteiger partial charge in [-0.25, -0.2) is 0 Å². The zero-order chi connectivity index (χ0) is 15.6. The zero-order valence-electron chi connectivity index (χ0n) is 12.0. The van der Waals surface area contributed by atoms with Gasteiger partial charge in [0, 0.05) is 5.56 Å². The molecule has 2 aromatic carbocycles. The maximum atomic E-state index is 11.7. The van der Waals surface area contributed by atoms with Crippen LogP contribution in [0.3, 0.4) is 0 Å². The van der Waals surface area contributed by atoms with E-state index < -0.39 is 5.97 Å². The van der Waals surface area contributed by atoms with Gasteiger partial charge >= 0.3 is 5.97 Å². The Balaban J connectivity index is 1.61. The Labute approximate surface area is 128 Å². The minimum absolute atomic E-state index is 0.134. The molecule has 22 heavy (non-hydrogen) atoms. The van der Waals surface area contributed by atoms with Gasteiger partial charge in [0.05, 0.1) is 0 Å². The Hall–Kier alpha value is -2.82. The van der Waals surface area contributed by atoms with Crippen molar-refractivity contribution in [3.05, 3.63) is 66.2 Å². The third-order valence-corrected chi connectivity index (χ3v) is 2.79. The number of carbonyl (C=O) groups excluding carboxylic acids is 2. The topological polar surface area (TPSA) is 64.6 Å². The molecule has 114 valence electrons. The predicted molar refractivity (Wildman–Crippen MR) is 81.7 cm³/mol. The van der Waals surface area contributed by atoms with E-state index in [1.54, 1.807) is 24.3 Å². The van der Waals surface area contributed by atoms with E-state index in [4.69, 9.17) is 9.47 Å². The summed E-state index contributed by atoms with van der Waals surface area (Å²) in [5.41, 5.74) is 0.503. The molecule has 2 rings (SSSR count). The van der Waals surface area contributed by atoms with Crippen LogP contribution in [0.5, 0.6) is 5.75 Å². The lowest BCUT2D eigenvalue weighted by Gasteiger charge is -2.08. The van der Waals surface area contributed by atoms with Gasteiger partial charge in [0.15, 0.2) is 0 Å². The summed E-state index contributed by atoms with van der Waals surface area (Å²) in [7, 11) is 0. The molecule has 0 bridgehead atoms.